The largest absolute Gasteiger partial charge is 0.394 e. The number of aliphatic hydroxyl groups excluding tert-OH is 2. The summed E-state index contributed by atoms with van der Waals surface area (Å²) in [6.45, 7) is 2.61. The van der Waals surface area contributed by atoms with Gasteiger partial charge in [0.2, 0.25) is 0 Å². The molecule has 0 bridgehead atoms. The Kier molecular flexibility index (Phi) is 6.08. The molecule has 2 atom stereocenters. The summed E-state index contributed by atoms with van der Waals surface area (Å²) in [6.07, 6.45) is 1.18. The molecule has 3 nitrogen and oxygen atoms in total. The van der Waals surface area contributed by atoms with Gasteiger partial charge in [-0.1, -0.05) is 43.7 Å². The van der Waals surface area contributed by atoms with Crippen molar-refractivity contribution in [1.82, 2.24) is 5.32 Å². The third-order valence-electron chi connectivity index (χ3n) is 2.66. The molecule has 0 unspecified atom stereocenters. The Morgan fingerprint density at radius 2 is 1.94 bits per heavy atom. The van der Waals surface area contributed by atoms with E-state index < -0.39 is 6.10 Å². The Balaban J connectivity index is 2.43. The Labute approximate surface area is 97.1 Å². The van der Waals surface area contributed by atoms with Gasteiger partial charge in [0.05, 0.1) is 12.7 Å². The molecule has 0 aliphatic heterocycles. The predicted octanol–water partition coefficient (Wildman–Crippen LogP) is 1.30. The van der Waals surface area contributed by atoms with E-state index in [1.807, 2.05) is 30.3 Å². The molecule has 90 valence electrons. The van der Waals surface area contributed by atoms with Gasteiger partial charge in [-0.2, -0.15) is 0 Å². The van der Waals surface area contributed by atoms with Gasteiger partial charge in [0.25, 0.3) is 0 Å². The van der Waals surface area contributed by atoms with Gasteiger partial charge in [0.15, 0.2) is 0 Å². The third-order valence-corrected chi connectivity index (χ3v) is 2.66. The molecular formula is C13H21NO2. The summed E-state index contributed by atoms with van der Waals surface area (Å²) >= 11 is 0. The van der Waals surface area contributed by atoms with E-state index >= 15 is 0 Å². The maximum atomic E-state index is 9.61. The van der Waals surface area contributed by atoms with Gasteiger partial charge in [0.1, 0.15) is 0 Å². The Morgan fingerprint density at radius 3 is 2.50 bits per heavy atom. The molecular weight excluding hydrogens is 202 g/mol. The highest BCUT2D eigenvalue weighted by molar-refractivity contribution is 5.14. The minimum atomic E-state index is -0.677. The molecule has 0 heterocycles. The quantitative estimate of drug-likeness (QED) is 0.653. The van der Waals surface area contributed by atoms with E-state index in [1.165, 1.54) is 5.56 Å². The average Bonchev–Trinajstić information content (AvgIpc) is 2.34. The van der Waals surface area contributed by atoms with Gasteiger partial charge in [-0.05, 0) is 12.0 Å². The van der Waals surface area contributed by atoms with Crippen LogP contribution in [0.3, 0.4) is 0 Å². The zero-order chi connectivity index (χ0) is 11.8. The average molecular weight is 223 g/mol. The van der Waals surface area contributed by atoms with Crippen LogP contribution in [0.2, 0.25) is 0 Å². The number of aliphatic hydroxyl groups is 2. The molecule has 0 aliphatic carbocycles. The number of rotatable bonds is 7. The van der Waals surface area contributed by atoms with E-state index in [2.05, 4.69) is 12.2 Å². The van der Waals surface area contributed by atoms with E-state index in [0.29, 0.717) is 0 Å². The first-order valence-corrected chi connectivity index (χ1v) is 5.84. The number of hydrogen-bond acceptors (Lipinski definition) is 3. The molecule has 1 aromatic rings. The zero-order valence-electron chi connectivity index (χ0n) is 9.76. The molecule has 3 heteroatoms. The summed E-state index contributed by atoms with van der Waals surface area (Å²) in [5.41, 5.74) is 1.19. The number of hydrogen-bond donors (Lipinski definition) is 3. The second-order valence-electron chi connectivity index (χ2n) is 4.01. The van der Waals surface area contributed by atoms with Gasteiger partial charge in [-0.15, -0.1) is 0 Å². The van der Waals surface area contributed by atoms with Crippen molar-refractivity contribution in [2.45, 2.75) is 38.5 Å². The SMILES string of the molecule is CCC[C@@H](NCc1ccccc1)[C@H](O)CO. The van der Waals surface area contributed by atoms with Crippen LogP contribution in [0.4, 0.5) is 0 Å². The van der Waals surface area contributed by atoms with Gasteiger partial charge in [-0.25, -0.2) is 0 Å². The van der Waals surface area contributed by atoms with Crippen LogP contribution in [-0.4, -0.2) is 29.0 Å². The van der Waals surface area contributed by atoms with Crippen molar-refractivity contribution in [3.8, 4) is 0 Å². The molecule has 1 aromatic carbocycles. The lowest BCUT2D eigenvalue weighted by Crippen LogP contribution is -2.41. The smallest absolute Gasteiger partial charge is 0.0923 e. The zero-order valence-corrected chi connectivity index (χ0v) is 9.76. The van der Waals surface area contributed by atoms with Crippen LogP contribution in [0.1, 0.15) is 25.3 Å². The third kappa shape index (κ3) is 4.31. The summed E-state index contributed by atoms with van der Waals surface area (Å²) in [6, 6.07) is 10.0. The lowest BCUT2D eigenvalue weighted by atomic mass is 10.1. The van der Waals surface area contributed by atoms with Crippen LogP contribution in [-0.2, 0) is 6.54 Å². The van der Waals surface area contributed by atoms with Crippen molar-refractivity contribution in [3.05, 3.63) is 35.9 Å². The maximum Gasteiger partial charge on any atom is 0.0923 e. The summed E-state index contributed by atoms with van der Waals surface area (Å²) in [4.78, 5) is 0. The highest BCUT2D eigenvalue weighted by Gasteiger charge is 2.16. The first-order valence-electron chi connectivity index (χ1n) is 5.84. The van der Waals surface area contributed by atoms with E-state index in [1.54, 1.807) is 0 Å². The molecule has 0 saturated heterocycles. The van der Waals surface area contributed by atoms with Gasteiger partial charge < -0.3 is 15.5 Å². The fourth-order valence-electron chi connectivity index (χ4n) is 1.71. The van der Waals surface area contributed by atoms with Crippen molar-refractivity contribution >= 4 is 0 Å². The van der Waals surface area contributed by atoms with Gasteiger partial charge >= 0.3 is 0 Å². The summed E-state index contributed by atoms with van der Waals surface area (Å²) in [7, 11) is 0. The maximum absolute atomic E-state index is 9.61. The van der Waals surface area contributed by atoms with E-state index in [0.717, 1.165) is 19.4 Å². The predicted molar refractivity (Wildman–Crippen MR) is 65.1 cm³/mol. The van der Waals surface area contributed by atoms with Crippen molar-refractivity contribution in [2.75, 3.05) is 6.61 Å². The molecule has 0 aliphatic rings. The second kappa shape index (κ2) is 7.39. The van der Waals surface area contributed by atoms with E-state index in [4.69, 9.17) is 5.11 Å². The van der Waals surface area contributed by atoms with Crippen molar-refractivity contribution in [3.63, 3.8) is 0 Å². The van der Waals surface area contributed by atoms with Crippen LogP contribution >= 0.6 is 0 Å². The van der Waals surface area contributed by atoms with Crippen molar-refractivity contribution < 1.29 is 10.2 Å². The lowest BCUT2D eigenvalue weighted by molar-refractivity contribution is 0.0592. The standard InChI is InChI=1S/C13H21NO2/c1-2-6-12(13(16)10-15)14-9-11-7-4-3-5-8-11/h3-5,7-8,12-16H,2,6,9-10H2,1H3/t12-,13-/m1/s1. The highest BCUT2D eigenvalue weighted by atomic mass is 16.3. The Bertz CT molecular complexity index is 277. The van der Waals surface area contributed by atoms with Crippen LogP contribution in [0.5, 0.6) is 0 Å². The van der Waals surface area contributed by atoms with Crippen LogP contribution in [0.15, 0.2) is 30.3 Å². The summed E-state index contributed by atoms with van der Waals surface area (Å²) in [5, 5.41) is 21.8. The molecule has 0 spiro atoms. The Hall–Kier alpha value is -0.900. The fourth-order valence-corrected chi connectivity index (χ4v) is 1.71. The van der Waals surface area contributed by atoms with E-state index in [-0.39, 0.29) is 12.6 Å². The minimum absolute atomic E-state index is 0.0322. The van der Waals surface area contributed by atoms with Crippen molar-refractivity contribution in [1.29, 1.82) is 0 Å². The number of nitrogens with one attached hydrogen (secondary N) is 1. The monoisotopic (exact) mass is 223 g/mol. The van der Waals surface area contributed by atoms with Crippen molar-refractivity contribution in [2.24, 2.45) is 0 Å². The minimum Gasteiger partial charge on any atom is -0.394 e. The normalized spacial score (nSPS) is 14.7. The van der Waals surface area contributed by atoms with Crippen LogP contribution < -0.4 is 5.32 Å². The van der Waals surface area contributed by atoms with Gasteiger partial charge in [-0.3, -0.25) is 0 Å². The molecule has 0 radical (unpaired) electrons. The van der Waals surface area contributed by atoms with Crippen LogP contribution in [0.25, 0.3) is 0 Å². The summed E-state index contributed by atoms with van der Waals surface area (Å²) in [5.74, 6) is 0. The molecule has 0 saturated carbocycles. The number of benzene rings is 1. The first-order chi connectivity index (χ1) is 7.77. The lowest BCUT2D eigenvalue weighted by Gasteiger charge is -2.22. The molecule has 0 fully saturated rings. The Morgan fingerprint density at radius 1 is 1.25 bits per heavy atom. The summed E-state index contributed by atoms with van der Waals surface area (Å²) < 4.78 is 0. The molecule has 0 aromatic heterocycles. The first kappa shape index (κ1) is 13.2. The van der Waals surface area contributed by atoms with Gasteiger partial charge in [0, 0.05) is 12.6 Å². The second-order valence-corrected chi connectivity index (χ2v) is 4.01. The molecule has 3 N–H and O–H groups in total. The highest BCUT2D eigenvalue weighted by Crippen LogP contribution is 2.05. The molecule has 1 rings (SSSR count). The fraction of sp³-hybridized carbons (Fsp3) is 0.538. The van der Waals surface area contributed by atoms with E-state index in [9.17, 15) is 5.11 Å². The van der Waals surface area contributed by atoms with Crippen LogP contribution in [0, 0.1) is 0 Å². The molecule has 0 amide bonds. The molecule has 16 heavy (non-hydrogen) atoms. The topological polar surface area (TPSA) is 52.5 Å².